The van der Waals surface area contributed by atoms with E-state index in [2.05, 4.69) is 54.6 Å². The van der Waals surface area contributed by atoms with E-state index in [1.807, 2.05) is 84.9 Å². The SMILES string of the molecule is Oc1c(O)c(O)c(-c2c3ccccc3c(-c3cccc4oc5c(-c6cccc(-c7ccccc7)c6)cccc5c34)c3ccccc23)c(O)c1O. The van der Waals surface area contributed by atoms with Gasteiger partial charge in [0.25, 0.3) is 0 Å². The highest BCUT2D eigenvalue weighted by atomic mass is 16.4. The lowest BCUT2D eigenvalue weighted by molar-refractivity contribution is 0.330. The molecule has 0 bridgehead atoms. The van der Waals surface area contributed by atoms with Crippen molar-refractivity contribution in [1.82, 2.24) is 0 Å². The van der Waals surface area contributed by atoms with Gasteiger partial charge in [0.1, 0.15) is 11.2 Å². The summed E-state index contributed by atoms with van der Waals surface area (Å²) in [5.41, 5.74) is 7.81. The molecule has 0 fully saturated rings. The van der Waals surface area contributed by atoms with E-state index in [0.717, 1.165) is 66.1 Å². The maximum Gasteiger partial charge on any atom is 0.208 e. The zero-order valence-corrected chi connectivity index (χ0v) is 26.4. The van der Waals surface area contributed by atoms with Crippen LogP contribution < -0.4 is 0 Å². The van der Waals surface area contributed by atoms with Crippen molar-refractivity contribution in [2.75, 3.05) is 0 Å². The zero-order valence-electron chi connectivity index (χ0n) is 26.4. The Labute approximate surface area is 285 Å². The highest BCUT2D eigenvalue weighted by molar-refractivity contribution is 6.27. The Morgan fingerprint density at radius 2 is 0.820 bits per heavy atom. The molecule has 0 amide bonds. The fourth-order valence-corrected chi connectivity index (χ4v) is 7.39. The molecule has 0 aliphatic carbocycles. The summed E-state index contributed by atoms with van der Waals surface area (Å²) < 4.78 is 6.69. The summed E-state index contributed by atoms with van der Waals surface area (Å²) in [5.74, 6) is -4.33. The van der Waals surface area contributed by atoms with Gasteiger partial charge in [0, 0.05) is 21.9 Å². The molecule has 6 nitrogen and oxygen atoms in total. The summed E-state index contributed by atoms with van der Waals surface area (Å²) in [7, 11) is 0. The lowest BCUT2D eigenvalue weighted by Crippen LogP contribution is -1.92. The number of phenolic OH excluding ortho intramolecular Hbond substituents is 5. The average molecular weight is 653 g/mol. The van der Waals surface area contributed by atoms with E-state index in [-0.39, 0.29) is 5.56 Å². The van der Waals surface area contributed by atoms with Gasteiger partial charge in [-0.3, -0.25) is 0 Å². The van der Waals surface area contributed by atoms with Crippen LogP contribution in [0.4, 0.5) is 0 Å². The Kier molecular flexibility index (Phi) is 6.48. The van der Waals surface area contributed by atoms with Crippen LogP contribution in [-0.2, 0) is 0 Å². The maximum absolute atomic E-state index is 11.1. The number of para-hydroxylation sites is 1. The van der Waals surface area contributed by atoms with Crippen LogP contribution >= 0.6 is 0 Å². The summed E-state index contributed by atoms with van der Waals surface area (Å²) in [4.78, 5) is 0. The van der Waals surface area contributed by atoms with E-state index in [0.29, 0.717) is 16.3 Å². The molecule has 0 radical (unpaired) electrons. The lowest BCUT2D eigenvalue weighted by Gasteiger charge is -2.20. The molecule has 0 saturated carbocycles. The molecule has 1 aromatic heterocycles. The second-order valence-corrected chi connectivity index (χ2v) is 12.4. The molecule has 240 valence electrons. The topological polar surface area (TPSA) is 114 Å². The molecular weight excluding hydrogens is 624 g/mol. The third-order valence-electron chi connectivity index (χ3n) is 9.62. The number of hydrogen-bond acceptors (Lipinski definition) is 6. The summed E-state index contributed by atoms with van der Waals surface area (Å²) in [6, 6.07) is 46.2. The number of rotatable bonds is 4. The van der Waals surface area contributed by atoms with Gasteiger partial charge >= 0.3 is 0 Å². The molecule has 0 unspecified atom stereocenters. The molecule has 0 atom stereocenters. The smallest absolute Gasteiger partial charge is 0.208 e. The quantitative estimate of drug-likeness (QED) is 0.0734. The Balaban J connectivity index is 1.35. The van der Waals surface area contributed by atoms with Crippen LogP contribution in [0.5, 0.6) is 28.7 Å². The Morgan fingerprint density at radius 3 is 1.48 bits per heavy atom. The van der Waals surface area contributed by atoms with E-state index in [1.165, 1.54) is 0 Å². The Bertz CT molecular complexity index is 2730. The molecule has 5 N–H and O–H groups in total. The molecule has 9 rings (SSSR count). The van der Waals surface area contributed by atoms with Gasteiger partial charge < -0.3 is 29.9 Å². The highest BCUT2D eigenvalue weighted by Gasteiger charge is 2.28. The summed E-state index contributed by atoms with van der Waals surface area (Å²) in [6.45, 7) is 0. The van der Waals surface area contributed by atoms with Gasteiger partial charge in [-0.2, -0.15) is 0 Å². The van der Waals surface area contributed by atoms with Crippen molar-refractivity contribution in [2.24, 2.45) is 0 Å². The van der Waals surface area contributed by atoms with Gasteiger partial charge in [0.05, 0.1) is 5.56 Å². The average Bonchev–Trinajstić information content (AvgIpc) is 3.56. The Morgan fingerprint density at radius 1 is 0.340 bits per heavy atom. The number of benzene rings is 8. The van der Waals surface area contributed by atoms with Crippen molar-refractivity contribution in [1.29, 1.82) is 0 Å². The molecule has 50 heavy (non-hydrogen) atoms. The van der Waals surface area contributed by atoms with Crippen molar-refractivity contribution in [3.63, 3.8) is 0 Å². The van der Waals surface area contributed by atoms with E-state index in [1.54, 1.807) is 0 Å². The number of fused-ring (bicyclic) bond motifs is 5. The minimum Gasteiger partial charge on any atom is -0.504 e. The van der Waals surface area contributed by atoms with Crippen molar-refractivity contribution >= 4 is 43.5 Å². The molecule has 0 saturated heterocycles. The molecule has 0 aliphatic heterocycles. The van der Waals surface area contributed by atoms with Crippen molar-refractivity contribution < 1.29 is 29.9 Å². The monoisotopic (exact) mass is 652 g/mol. The standard InChI is InChI=1S/C44H28O6/c45-39-38(40(46)42(48)43(49)41(39)47)37-30-17-6-4-15-28(30)35(29-16-5-7-18-31(29)37)32-20-10-22-34-36(32)33-21-9-19-27(44(33)50-34)26-14-8-13-25(23-26)24-11-2-1-3-12-24/h1-23,45-49H. The van der Waals surface area contributed by atoms with E-state index >= 15 is 0 Å². The summed E-state index contributed by atoms with van der Waals surface area (Å²) in [5, 5.41) is 58.2. The van der Waals surface area contributed by atoms with Gasteiger partial charge in [-0.05, 0) is 61.5 Å². The predicted octanol–water partition coefficient (Wildman–Crippen LogP) is 11.1. The van der Waals surface area contributed by atoms with Crippen LogP contribution in [-0.4, -0.2) is 25.5 Å². The maximum atomic E-state index is 11.1. The van der Waals surface area contributed by atoms with Gasteiger partial charge in [0.15, 0.2) is 11.5 Å². The number of furan rings is 1. The summed E-state index contributed by atoms with van der Waals surface area (Å²) >= 11 is 0. The second-order valence-electron chi connectivity index (χ2n) is 12.4. The summed E-state index contributed by atoms with van der Waals surface area (Å²) in [6.07, 6.45) is 0. The minimum absolute atomic E-state index is 0.189. The van der Waals surface area contributed by atoms with Crippen LogP contribution in [0.25, 0.3) is 88.0 Å². The van der Waals surface area contributed by atoms with Crippen molar-refractivity contribution in [3.8, 4) is 73.3 Å². The highest BCUT2D eigenvalue weighted by Crippen LogP contribution is 2.58. The first-order chi connectivity index (χ1) is 24.4. The molecule has 1 heterocycles. The minimum atomic E-state index is -1.00. The van der Waals surface area contributed by atoms with Crippen molar-refractivity contribution in [2.45, 2.75) is 0 Å². The number of phenols is 5. The van der Waals surface area contributed by atoms with E-state index in [9.17, 15) is 25.5 Å². The first kappa shape index (κ1) is 29.2. The molecule has 9 aromatic rings. The Hall–Kier alpha value is -6.92. The first-order valence-corrected chi connectivity index (χ1v) is 16.2. The molecule has 6 heteroatoms. The fraction of sp³-hybridized carbons (Fsp3) is 0. The van der Waals surface area contributed by atoms with Crippen LogP contribution in [0.2, 0.25) is 0 Å². The third-order valence-corrected chi connectivity index (χ3v) is 9.62. The lowest BCUT2D eigenvalue weighted by atomic mass is 9.84. The largest absolute Gasteiger partial charge is 0.504 e. The predicted molar refractivity (Wildman–Crippen MR) is 199 cm³/mol. The zero-order chi connectivity index (χ0) is 34.1. The normalized spacial score (nSPS) is 11.6. The fourth-order valence-electron chi connectivity index (χ4n) is 7.39. The van der Waals surface area contributed by atoms with E-state index in [4.69, 9.17) is 4.42 Å². The third kappa shape index (κ3) is 4.22. The van der Waals surface area contributed by atoms with Gasteiger partial charge in [-0.1, -0.05) is 127 Å². The van der Waals surface area contributed by atoms with Crippen LogP contribution in [0, 0.1) is 0 Å². The first-order valence-electron chi connectivity index (χ1n) is 16.2. The van der Waals surface area contributed by atoms with E-state index < -0.39 is 28.7 Å². The number of aromatic hydroxyl groups is 5. The molecule has 8 aromatic carbocycles. The van der Waals surface area contributed by atoms with Gasteiger partial charge in [-0.25, -0.2) is 0 Å². The molecule has 0 spiro atoms. The molecule has 0 aliphatic rings. The van der Waals surface area contributed by atoms with Crippen LogP contribution in [0.3, 0.4) is 0 Å². The number of hydrogen-bond donors (Lipinski definition) is 5. The molecular formula is C44H28O6. The van der Waals surface area contributed by atoms with Crippen molar-refractivity contribution in [3.05, 3.63) is 140 Å². The van der Waals surface area contributed by atoms with Gasteiger partial charge in [0.2, 0.25) is 17.2 Å². The van der Waals surface area contributed by atoms with Crippen LogP contribution in [0.1, 0.15) is 0 Å². The van der Waals surface area contributed by atoms with Gasteiger partial charge in [-0.15, -0.1) is 0 Å². The van der Waals surface area contributed by atoms with Crippen LogP contribution in [0.15, 0.2) is 144 Å². The second kappa shape index (κ2) is 11.1.